The molecule has 1 aromatic carbocycles. The van der Waals surface area contributed by atoms with Gasteiger partial charge in [-0.2, -0.15) is 0 Å². The number of aromatic hydroxyl groups is 1. The van der Waals surface area contributed by atoms with Crippen molar-refractivity contribution < 1.29 is 9.52 Å². The van der Waals surface area contributed by atoms with Gasteiger partial charge in [0.2, 0.25) is 0 Å². The number of rotatable bonds is 1. The van der Waals surface area contributed by atoms with Crippen LogP contribution in [0.2, 0.25) is 0 Å². The Balaban J connectivity index is 2.94. The molecule has 0 spiro atoms. The van der Waals surface area contributed by atoms with Crippen molar-refractivity contribution in [3.05, 3.63) is 46.8 Å². The molecule has 0 amide bonds. The molecule has 0 aliphatic rings. The van der Waals surface area contributed by atoms with Gasteiger partial charge in [-0.1, -0.05) is 18.7 Å². The van der Waals surface area contributed by atoms with Gasteiger partial charge in [0.1, 0.15) is 11.3 Å². The summed E-state index contributed by atoms with van der Waals surface area (Å²) in [5.74, 6) is 0.0920. The van der Waals surface area contributed by atoms with E-state index in [1.807, 2.05) is 0 Å². The van der Waals surface area contributed by atoms with Crippen LogP contribution in [0.1, 0.15) is 5.56 Å². The summed E-state index contributed by atoms with van der Waals surface area (Å²) >= 11 is 0. The van der Waals surface area contributed by atoms with E-state index >= 15 is 0 Å². The second kappa shape index (κ2) is 3.03. The van der Waals surface area contributed by atoms with Crippen LogP contribution in [-0.2, 0) is 0 Å². The van der Waals surface area contributed by atoms with Gasteiger partial charge < -0.3 is 9.52 Å². The van der Waals surface area contributed by atoms with Crippen molar-refractivity contribution in [1.29, 1.82) is 0 Å². The monoisotopic (exact) mass is 188 g/mol. The van der Waals surface area contributed by atoms with Crippen LogP contribution in [0, 0.1) is 0 Å². The third-order valence-electron chi connectivity index (χ3n) is 2.00. The highest BCUT2D eigenvalue weighted by Gasteiger charge is 2.04. The van der Waals surface area contributed by atoms with Gasteiger partial charge in [-0.05, 0) is 18.2 Å². The van der Waals surface area contributed by atoms with Crippen molar-refractivity contribution >= 4 is 17.0 Å². The maximum absolute atomic E-state index is 11.3. The van der Waals surface area contributed by atoms with Crippen molar-refractivity contribution in [2.75, 3.05) is 0 Å². The van der Waals surface area contributed by atoms with Gasteiger partial charge in [-0.3, -0.25) is 0 Å². The Morgan fingerprint density at radius 3 is 2.93 bits per heavy atom. The van der Waals surface area contributed by atoms with E-state index in [1.165, 1.54) is 12.1 Å². The van der Waals surface area contributed by atoms with Crippen LogP contribution in [0.25, 0.3) is 17.0 Å². The first-order chi connectivity index (χ1) is 6.72. The fraction of sp³-hybridized carbons (Fsp3) is 0. The SMILES string of the molecule is C=Cc1cc2c(O)cccc2oc1=O. The topological polar surface area (TPSA) is 50.4 Å². The average molecular weight is 188 g/mol. The third kappa shape index (κ3) is 1.19. The highest BCUT2D eigenvalue weighted by atomic mass is 16.4. The lowest BCUT2D eigenvalue weighted by Gasteiger charge is -1.99. The molecule has 0 saturated heterocycles. The predicted octanol–water partition coefficient (Wildman–Crippen LogP) is 2.14. The molecule has 0 unspecified atom stereocenters. The van der Waals surface area contributed by atoms with E-state index in [-0.39, 0.29) is 5.75 Å². The summed E-state index contributed by atoms with van der Waals surface area (Å²) in [7, 11) is 0. The number of benzene rings is 1. The Morgan fingerprint density at radius 2 is 2.21 bits per heavy atom. The second-order valence-corrected chi connectivity index (χ2v) is 2.88. The molecule has 1 N–H and O–H groups in total. The van der Waals surface area contributed by atoms with Crippen LogP contribution in [-0.4, -0.2) is 5.11 Å². The molecular weight excluding hydrogens is 180 g/mol. The molecule has 14 heavy (non-hydrogen) atoms. The minimum atomic E-state index is -0.446. The van der Waals surface area contributed by atoms with E-state index in [0.717, 1.165) is 0 Å². The Bertz CT molecular complexity index is 552. The molecule has 1 heterocycles. The van der Waals surface area contributed by atoms with Crippen LogP contribution in [0.15, 0.2) is 40.1 Å². The molecule has 0 atom stereocenters. The number of phenolic OH excluding ortho intramolecular Hbond substituents is 1. The van der Waals surface area contributed by atoms with E-state index in [0.29, 0.717) is 16.5 Å². The minimum absolute atomic E-state index is 0.0920. The fourth-order valence-electron chi connectivity index (χ4n) is 1.28. The maximum Gasteiger partial charge on any atom is 0.343 e. The molecule has 0 radical (unpaired) electrons. The molecule has 3 heteroatoms. The minimum Gasteiger partial charge on any atom is -0.507 e. The van der Waals surface area contributed by atoms with Crippen LogP contribution < -0.4 is 5.63 Å². The van der Waals surface area contributed by atoms with Gasteiger partial charge in [0, 0.05) is 0 Å². The first kappa shape index (κ1) is 8.56. The molecule has 0 aliphatic heterocycles. The molecule has 2 aromatic rings. The van der Waals surface area contributed by atoms with Crippen molar-refractivity contribution in [2.45, 2.75) is 0 Å². The van der Waals surface area contributed by atoms with Crippen molar-refractivity contribution in [2.24, 2.45) is 0 Å². The standard InChI is InChI=1S/C11H8O3/c1-2-7-6-8-9(12)4-3-5-10(8)14-11(7)13/h2-6,12H,1H2. The first-order valence-electron chi connectivity index (χ1n) is 4.10. The zero-order valence-electron chi connectivity index (χ0n) is 7.36. The third-order valence-corrected chi connectivity index (χ3v) is 2.00. The largest absolute Gasteiger partial charge is 0.507 e. The Morgan fingerprint density at radius 1 is 1.43 bits per heavy atom. The van der Waals surface area contributed by atoms with Crippen molar-refractivity contribution in [3.63, 3.8) is 0 Å². The highest BCUT2D eigenvalue weighted by Crippen LogP contribution is 2.23. The van der Waals surface area contributed by atoms with Crippen LogP contribution in [0.4, 0.5) is 0 Å². The summed E-state index contributed by atoms with van der Waals surface area (Å²) in [6, 6.07) is 6.34. The number of phenols is 1. The Labute approximate surface area is 79.9 Å². The van der Waals surface area contributed by atoms with Gasteiger partial charge in [-0.25, -0.2) is 4.79 Å². The summed E-state index contributed by atoms with van der Waals surface area (Å²) < 4.78 is 4.98. The molecule has 70 valence electrons. The zero-order valence-corrected chi connectivity index (χ0v) is 7.36. The van der Waals surface area contributed by atoms with Crippen LogP contribution in [0.3, 0.4) is 0 Å². The predicted molar refractivity (Wildman–Crippen MR) is 54.2 cm³/mol. The Kier molecular flexibility index (Phi) is 1.85. The van der Waals surface area contributed by atoms with Gasteiger partial charge in [0.15, 0.2) is 0 Å². The molecule has 1 aromatic heterocycles. The molecule has 0 saturated carbocycles. The molecule has 3 nitrogen and oxygen atoms in total. The van der Waals surface area contributed by atoms with Gasteiger partial charge in [-0.15, -0.1) is 0 Å². The molecular formula is C11H8O3. The number of hydrogen-bond donors (Lipinski definition) is 1. The van der Waals surface area contributed by atoms with E-state index in [2.05, 4.69) is 6.58 Å². The van der Waals surface area contributed by atoms with E-state index in [1.54, 1.807) is 18.2 Å². The molecule has 0 bridgehead atoms. The lowest BCUT2D eigenvalue weighted by atomic mass is 10.1. The van der Waals surface area contributed by atoms with E-state index in [9.17, 15) is 9.90 Å². The summed E-state index contributed by atoms with van der Waals surface area (Å²) in [5, 5.41) is 10.0. The molecule has 0 fully saturated rings. The number of fused-ring (bicyclic) bond motifs is 1. The second-order valence-electron chi connectivity index (χ2n) is 2.88. The summed E-state index contributed by atoms with van der Waals surface area (Å²) in [6.45, 7) is 3.49. The zero-order chi connectivity index (χ0) is 10.1. The Hall–Kier alpha value is -2.03. The highest BCUT2D eigenvalue weighted by molar-refractivity contribution is 5.84. The smallest absolute Gasteiger partial charge is 0.343 e. The molecule has 2 rings (SSSR count). The maximum atomic E-state index is 11.3. The average Bonchev–Trinajstić information content (AvgIpc) is 2.17. The van der Waals surface area contributed by atoms with Gasteiger partial charge in [0.05, 0.1) is 10.9 Å². The quantitative estimate of drug-likeness (QED) is 0.697. The van der Waals surface area contributed by atoms with E-state index in [4.69, 9.17) is 4.42 Å². The summed E-state index contributed by atoms with van der Waals surface area (Å²) in [6.07, 6.45) is 1.40. The van der Waals surface area contributed by atoms with Gasteiger partial charge in [0.25, 0.3) is 0 Å². The fourth-order valence-corrected chi connectivity index (χ4v) is 1.28. The van der Waals surface area contributed by atoms with Crippen LogP contribution in [0.5, 0.6) is 5.75 Å². The lowest BCUT2D eigenvalue weighted by molar-refractivity contribution is 0.479. The summed E-state index contributed by atoms with van der Waals surface area (Å²) in [5.41, 5.74) is 0.276. The lowest BCUT2D eigenvalue weighted by Crippen LogP contribution is -2.01. The molecule has 0 aliphatic carbocycles. The normalized spacial score (nSPS) is 10.3. The summed E-state index contributed by atoms with van der Waals surface area (Å²) in [4.78, 5) is 11.3. The first-order valence-corrected chi connectivity index (χ1v) is 4.10. The van der Waals surface area contributed by atoms with E-state index < -0.39 is 5.63 Å². The van der Waals surface area contributed by atoms with Gasteiger partial charge >= 0.3 is 5.63 Å². The number of hydrogen-bond acceptors (Lipinski definition) is 3. The van der Waals surface area contributed by atoms with Crippen molar-refractivity contribution in [3.8, 4) is 5.75 Å². The van der Waals surface area contributed by atoms with Crippen molar-refractivity contribution in [1.82, 2.24) is 0 Å². The van der Waals surface area contributed by atoms with Crippen LogP contribution >= 0.6 is 0 Å².